The largest absolute Gasteiger partial charge is 0.454 e. The van der Waals surface area contributed by atoms with Gasteiger partial charge < -0.3 is 14.8 Å². The van der Waals surface area contributed by atoms with Crippen molar-refractivity contribution in [2.75, 3.05) is 12.1 Å². The maximum atomic E-state index is 12.4. The Balaban J connectivity index is 1.54. The van der Waals surface area contributed by atoms with Gasteiger partial charge in [0.2, 0.25) is 6.79 Å². The van der Waals surface area contributed by atoms with Gasteiger partial charge in [-0.25, -0.2) is 0 Å². The molecule has 4 rings (SSSR count). The summed E-state index contributed by atoms with van der Waals surface area (Å²) in [5.74, 6) is 0.919. The van der Waals surface area contributed by atoms with E-state index in [-0.39, 0.29) is 24.8 Å². The second-order valence-electron chi connectivity index (χ2n) is 5.47. The summed E-state index contributed by atoms with van der Waals surface area (Å²) in [5, 5.41) is 13.9. The lowest BCUT2D eigenvalue weighted by Gasteiger charge is -2.06. The number of ether oxygens (including phenoxy) is 2. The lowest BCUT2D eigenvalue weighted by Crippen LogP contribution is -2.14. The summed E-state index contributed by atoms with van der Waals surface area (Å²) >= 11 is 0. The average molecular weight is 324 g/mol. The number of benzene rings is 2. The zero-order valence-electron chi connectivity index (χ0n) is 12.4. The summed E-state index contributed by atoms with van der Waals surface area (Å²) in [6.07, 6.45) is 1.92. The molecule has 0 atom stereocenters. The van der Waals surface area contributed by atoms with Gasteiger partial charge in [0.15, 0.2) is 11.5 Å². The van der Waals surface area contributed by atoms with E-state index in [1.54, 1.807) is 36.4 Å². The van der Waals surface area contributed by atoms with Gasteiger partial charge in [-0.05, 0) is 23.8 Å². The van der Waals surface area contributed by atoms with Crippen LogP contribution in [0, 0.1) is 10.1 Å². The second kappa shape index (κ2) is 5.38. The lowest BCUT2D eigenvalue weighted by atomic mass is 10.1. The van der Waals surface area contributed by atoms with Crippen LogP contribution >= 0.6 is 0 Å². The van der Waals surface area contributed by atoms with Gasteiger partial charge in [0.05, 0.1) is 4.92 Å². The first-order valence-corrected chi connectivity index (χ1v) is 7.29. The van der Waals surface area contributed by atoms with Gasteiger partial charge in [0.1, 0.15) is 0 Å². The van der Waals surface area contributed by atoms with Gasteiger partial charge in [-0.3, -0.25) is 14.9 Å². The number of fused-ring (bicyclic) bond motifs is 2. The van der Waals surface area contributed by atoms with Crippen molar-refractivity contribution >= 4 is 23.4 Å². The molecule has 120 valence electrons. The Morgan fingerprint density at radius 1 is 1.17 bits per heavy atom. The maximum Gasteiger partial charge on any atom is 0.273 e. The van der Waals surface area contributed by atoms with Gasteiger partial charge in [-0.2, -0.15) is 0 Å². The van der Waals surface area contributed by atoms with Crippen LogP contribution in [0.25, 0.3) is 6.08 Å². The molecule has 2 aromatic carbocycles. The van der Waals surface area contributed by atoms with Crippen molar-refractivity contribution in [2.45, 2.75) is 6.42 Å². The fraction of sp³-hybridized carbons (Fsp3) is 0.118. The summed E-state index contributed by atoms with van der Waals surface area (Å²) < 4.78 is 10.5. The standard InChI is InChI=1S/C17H12N2O5/c20-17(18-12-4-5-15-16(8-12)24-9-23-15)11-6-10-2-1-3-14(19(21)22)13(10)7-11/h1-6,8H,7,9H2,(H,18,20). The smallest absolute Gasteiger partial charge is 0.273 e. The molecule has 2 aliphatic rings. The molecule has 1 N–H and O–H groups in total. The van der Waals surface area contributed by atoms with E-state index in [4.69, 9.17) is 9.47 Å². The van der Waals surface area contributed by atoms with Crippen molar-refractivity contribution in [1.29, 1.82) is 0 Å². The second-order valence-corrected chi connectivity index (χ2v) is 5.47. The van der Waals surface area contributed by atoms with Crippen LogP contribution in [0.5, 0.6) is 11.5 Å². The van der Waals surface area contributed by atoms with Crippen LogP contribution in [0.3, 0.4) is 0 Å². The first-order chi connectivity index (χ1) is 11.6. The van der Waals surface area contributed by atoms with E-state index < -0.39 is 4.92 Å². The summed E-state index contributed by atoms with van der Waals surface area (Å²) in [5.41, 5.74) is 2.38. The number of nitro groups is 1. The lowest BCUT2D eigenvalue weighted by molar-refractivity contribution is -0.385. The fourth-order valence-corrected chi connectivity index (χ4v) is 2.85. The van der Waals surface area contributed by atoms with Crippen LogP contribution in [0.4, 0.5) is 11.4 Å². The Morgan fingerprint density at radius 2 is 2.00 bits per heavy atom. The number of carbonyl (C=O) groups is 1. The van der Waals surface area contributed by atoms with E-state index in [9.17, 15) is 14.9 Å². The van der Waals surface area contributed by atoms with E-state index >= 15 is 0 Å². The predicted octanol–water partition coefficient (Wildman–Crippen LogP) is 2.90. The number of hydrogen-bond acceptors (Lipinski definition) is 5. The molecule has 2 aromatic rings. The van der Waals surface area contributed by atoms with E-state index in [0.717, 1.165) is 0 Å². The minimum Gasteiger partial charge on any atom is -0.454 e. The normalized spacial score (nSPS) is 14.1. The van der Waals surface area contributed by atoms with Crippen molar-refractivity contribution in [1.82, 2.24) is 0 Å². The number of carbonyl (C=O) groups excluding carboxylic acids is 1. The summed E-state index contributed by atoms with van der Waals surface area (Å²) in [4.78, 5) is 23.1. The number of nitrogens with one attached hydrogen (secondary N) is 1. The molecule has 0 saturated carbocycles. The third-order valence-corrected chi connectivity index (χ3v) is 4.00. The van der Waals surface area contributed by atoms with Crippen molar-refractivity contribution in [2.24, 2.45) is 0 Å². The van der Waals surface area contributed by atoms with Crippen LogP contribution in [-0.2, 0) is 11.2 Å². The number of hydrogen-bond donors (Lipinski definition) is 1. The van der Waals surface area contributed by atoms with Gasteiger partial charge in [-0.15, -0.1) is 0 Å². The number of nitro benzene ring substituents is 1. The summed E-state index contributed by atoms with van der Waals surface area (Å²) in [6, 6.07) is 9.96. The quantitative estimate of drug-likeness (QED) is 0.692. The van der Waals surface area contributed by atoms with Crippen molar-refractivity contribution < 1.29 is 19.2 Å². The minimum atomic E-state index is -0.425. The Kier molecular flexibility index (Phi) is 3.19. The minimum absolute atomic E-state index is 0.0367. The first kappa shape index (κ1) is 14.3. The molecule has 0 fully saturated rings. The molecule has 0 saturated heterocycles. The Bertz CT molecular complexity index is 904. The number of amides is 1. The number of anilines is 1. The van der Waals surface area contributed by atoms with Crippen LogP contribution in [0.2, 0.25) is 0 Å². The number of nitrogens with zero attached hydrogens (tertiary/aromatic N) is 1. The van der Waals surface area contributed by atoms with Gasteiger partial charge >= 0.3 is 0 Å². The molecule has 0 spiro atoms. The van der Waals surface area contributed by atoms with E-state index in [1.165, 1.54) is 6.07 Å². The predicted molar refractivity (Wildman–Crippen MR) is 86.0 cm³/mol. The molecular formula is C17H12N2O5. The SMILES string of the molecule is O=C(Nc1ccc2c(c1)OCO2)C1=Cc2cccc([N+](=O)[O-])c2C1. The molecule has 0 bridgehead atoms. The highest BCUT2D eigenvalue weighted by Gasteiger charge is 2.26. The molecule has 0 radical (unpaired) electrons. The molecule has 1 amide bonds. The Morgan fingerprint density at radius 3 is 2.83 bits per heavy atom. The molecule has 0 unspecified atom stereocenters. The molecule has 1 aliphatic heterocycles. The summed E-state index contributed by atoms with van der Waals surface area (Å²) in [7, 11) is 0. The zero-order valence-corrected chi connectivity index (χ0v) is 12.4. The highest BCUT2D eigenvalue weighted by molar-refractivity contribution is 6.08. The van der Waals surface area contributed by atoms with E-state index in [1.807, 2.05) is 0 Å². The summed E-state index contributed by atoms with van der Waals surface area (Å²) in [6.45, 7) is 0.164. The fourth-order valence-electron chi connectivity index (χ4n) is 2.85. The van der Waals surface area contributed by atoms with Crippen LogP contribution < -0.4 is 14.8 Å². The number of rotatable bonds is 3. The van der Waals surface area contributed by atoms with E-state index in [2.05, 4.69) is 5.32 Å². The molecule has 7 nitrogen and oxygen atoms in total. The maximum absolute atomic E-state index is 12.4. The highest BCUT2D eigenvalue weighted by atomic mass is 16.7. The first-order valence-electron chi connectivity index (χ1n) is 7.29. The van der Waals surface area contributed by atoms with Gasteiger partial charge in [0.25, 0.3) is 11.6 Å². The van der Waals surface area contributed by atoms with Crippen LogP contribution in [0.15, 0.2) is 42.0 Å². The Labute approximate surface area is 136 Å². The van der Waals surface area contributed by atoms with E-state index in [0.29, 0.717) is 33.9 Å². The average Bonchev–Trinajstić information content (AvgIpc) is 3.20. The third-order valence-electron chi connectivity index (χ3n) is 4.00. The van der Waals surface area contributed by atoms with Crippen LogP contribution in [-0.4, -0.2) is 17.6 Å². The third kappa shape index (κ3) is 2.36. The molecule has 1 heterocycles. The molecule has 1 aliphatic carbocycles. The topological polar surface area (TPSA) is 90.7 Å². The monoisotopic (exact) mass is 324 g/mol. The molecule has 0 aromatic heterocycles. The van der Waals surface area contributed by atoms with Crippen molar-refractivity contribution in [3.05, 3.63) is 63.2 Å². The van der Waals surface area contributed by atoms with Crippen molar-refractivity contribution in [3.63, 3.8) is 0 Å². The van der Waals surface area contributed by atoms with Crippen LogP contribution in [0.1, 0.15) is 11.1 Å². The van der Waals surface area contributed by atoms with Gasteiger partial charge in [-0.1, -0.05) is 12.1 Å². The molecule has 7 heteroatoms. The molecule has 24 heavy (non-hydrogen) atoms. The van der Waals surface area contributed by atoms with Crippen molar-refractivity contribution in [3.8, 4) is 11.5 Å². The Hall–Kier alpha value is -3.35. The zero-order chi connectivity index (χ0) is 16.7. The highest BCUT2D eigenvalue weighted by Crippen LogP contribution is 2.35. The van der Waals surface area contributed by atoms with Gasteiger partial charge in [0, 0.05) is 35.4 Å². The molecular weight excluding hydrogens is 312 g/mol.